The second-order valence-corrected chi connectivity index (χ2v) is 7.41. The highest BCUT2D eigenvalue weighted by Crippen LogP contribution is 2.28. The van der Waals surface area contributed by atoms with Gasteiger partial charge in [-0.1, -0.05) is 33.3 Å². The quantitative estimate of drug-likeness (QED) is 0.662. The summed E-state index contributed by atoms with van der Waals surface area (Å²) >= 11 is 3.45. The van der Waals surface area contributed by atoms with Gasteiger partial charge in [-0.2, -0.15) is 0 Å². The van der Waals surface area contributed by atoms with E-state index < -0.39 is 0 Å². The van der Waals surface area contributed by atoms with Crippen molar-refractivity contribution in [2.75, 3.05) is 12.4 Å². The van der Waals surface area contributed by atoms with Crippen molar-refractivity contribution in [3.63, 3.8) is 0 Å². The van der Waals surface area contributed by atoms with Gasteiger partial charge < -0.3 is 14.8 Å². The summed E-state index contributed by atoms with van der Waals surface area (Å²) in [7, 11) is 1.63. The van der Waals surface area contributed by atoms with Crippen LogP contribution in [0.25, 0.3) is 0 Å². The van der Waals surface area contributed by atoms with Gasteiger partial charge in [-0.15, -0.1) is 5.10 Å². The van der Waals surface area contributed by atoms with Crippen LogP contribution in [0, 0.1) is 6.92 Å². The van der Waals surface area contributed by atoms with Crippen LogP contribution in [0.5, 0.6) is 5.75 Å². The number of rotatable bonds is 4. The van der Waals surface area contributed by atoms with Crippen molar-refractivity contribution in [1.29, 1.82) is 0 Å². The molecular weight excluding hydrogens is 424 g/mol. The minimum atomic E-state index is -0.297. The largest absolute Gasteiger partial charge is 0.497 e. The Bertz CT molecular complexity index is 1020. The summed E-state index contributed by atoms with van der Waals surface area (Å²) in [6.07, 6.45) is -0.148. The molecule has 0 spiro atoms. The number of aryl methyl sites for hydroxylation is 1. The number of nitrogens with zero attached hydrogens (tertiary/aromatic N) is 3. The zero-order valence-corrected chi connectivity index (χ0v) is 17.1. The fourth-order valence-electron chi connectivity index (χ4n) is 3.12. The molecule has 7 nitrogen and oxygen atoms in total. The van der Waals surface area contributed by atoms with Crippen LogP contribution >= 0.6 is 15.9 Å². The molecule has 0 radical (unpaired) electrons. The van der Waals surface area contributed by atoms with Crippen LogP contribution in [0.15, 0.2) is 46.9 Å². The third-order valence-corrected chi connectivity index (χ3v) is 5.61. The second kappa shape index (κ2) is 7.73. The highest BCUT2D eigenvalue weighted by atomic mass is 79.9. The standard InChI is InChI=1S/C20H19BrN4O3/c1-12-9-14(5-8-16(12)21)22-20(26)19-17-11-28-18(10-25(17)24-23-19)13-3-6-15(27-2)7-4-13/h3-9,18H,10-11H2,1-2H3,(H,22,26)/t18-/m1/s1. The van der Waals surface area contributed by atoms with E-state index in [-0.39, 0.29) is 24.3 Å². The molecule has 1 amide bonds. The second-order valence-electron chi connectivity index (χ2n) is 6.56. The lowest BCUT2D eigenvalue weighted by atomic mass is 10.1. The highest BCUT2D eigenvalue weighted by Gasteiger charge is 2.27. The molecule has 2 heterocycles. The molecule has 0 unspecified atom stereocenters. The molecule has 0 fully saturated rings. The number of nitrogens with one attached hydrogen (secondary N) is 1. The molecule has 1 atom stereocenters. The Balaban J connectivity index is 1.49. The number of amides is 1. The normalized spacial score (nSPS) is 15.8. The van der Waals surface area contributed by atoms with Gasteiger partial charge in [0.05, 0.1) is 26.0 Å². The van der Waals surface area contributed by atoms with Crippen molar-refractivity contribution < 1.29 is 14.3 Å². The molecule has 1 N–H and O–H groups in total. The average Bonchev–Trinajstić information content (AvgIpc) is 3.14. The molecule has 1 aromatic heterocycles. The first-order valence-electron chi connectivity index (χ1n) is 8.80. The third kappa shape index (κ3) is 3.65. The van der Waals surface area contributed by atoms with Gasteiger partial charge in [0, 0.05) is 10.2 Å². The van der Waals surface area contributed by atoms with E-state index in [9.17, 15) is 4.79 Å². The van der Waals surface area contributed by atoms with Crippen LogP contribution in [0.2, 0.25) is 0 Å². The van der Waals surface area contributed by atoms with Gasteiger partial charge in [0.2, 0.25) is 0 Å². The number of halogens is 1. The number of anilines is 1. The number of aromatic nitrogens is 3. The molecule has 2 aromatic carbocycles. The molecule has 0 saturated heterocycles. The maximum atomic E-state index is 12.7. The van der Waals surface area contributed by atoms with Crippen LogP contribution < -0.4 is 10.1 Å². The number of carbonyl (C=O) groups excluding carboxylic acids is 1. The zero-order chi connectivity index (χ0) is 19.7. The predicted molar refractivity (Wildman–Crippen MR) is 107 cm³/mol. The van der Waals surface area contributed by atoms with E-state index in [4.69, 9.17) is 9.47 Å². The number of ether oxygens (including phenoxy) is 2. The average molecular weight is 443 g/mol. The lowest BCUT2D eigenvalue weighted by molar-refractivity contribution is -0.00173. The zero-order valence-electron chi connectivity index (χ0n) is 15.5. The summed E-state index contributed by atoms with van der Waals surface area (Å²) in [5.41, 5.74) is 3.73. The SMILES string of the molecule is COc1ccc([C@H]2Cn3nnc(C(=O)Nc4ccc(Br)c(C)c4)c3CO2)cc1. The molecule has 0 aliphatic carbocycles. The third-order valence-electron chi connectivity index (χ3n) is 4.72. The van der Waals surface area contributed by atoms with Crippen LogP contribution in [0.4, 0.5) is 5.69 Å². The smallest absolute Gasteiger partial charge is 0.278 e. The van der Waals surface area contributed by atoms with Crippen LogP contribution in [0.3, 0.4) is 0 Å². The van der Waals surface area contributed by atoms with Crippen molar-refractivity contribution in [1.82, 2.24) is 15.0 Å². The van der Waals surface area contributed by atoms with E-state index in [2.05, 4.69) is 31.6 Å². The fraction of sp³-hybridized carbons (Fsp3) is 0.250. The molecule has 1 aliphatic rings. The molecule has 0 bridgehead atoms. The van der Waals surface area contributed by atoms with Crippen molar-refractivity contribution >= 4 is 27.5 Å². The van der Waals surface area contributed by atoms with Gasteiger partial charge in [0.25, 0.3) is 5.91 Å². The monoisotopic (exact) mass is 442 g/mol. The molecular formula is C20H19BrN4O3. The van der Waals surface area contributed by atoms with E-state index in [0.717, 1.165) is 21.3 Å². The van der Waals surface area contributed by atoms with Crippen LogP contribution in [-0.2, 0) is 17.9 Å². The Morgan fingerprint density at radius 2 is 2.07 bits per heavy atom. The lowest BCUT2D eigenvalue weighted by Crippen LogP contribution is -2.24. The maximum Gasteiger partial charge on any atom is 0.278 e. The lowest BCUT2D eigenvalue weighted by Gasteiger charge is -2.24. The van der Waals surface area contributed by atoms with E-state index in [1.54, 1.807) is 11.8 Å². The van der Waals surface area contributed by atoms with Gasteiger partial charge in [-0.25, -0.2) is 4.68 Å². The van der Waals surface area contributed by atoms with Gasteiger partial charge >= 0.3 is 0 Å². The van der Waals surface area contributed by atoms with Crippen LogP contribution in [-0.4, -0.2) is 28.0 Å². The summed E-state index contributed by atoms with van der Waals surface area (Å²) in [6.45, 7) is 2.73. The fourth-order valence-corrected chi connectivity index (χ4v) is 3.37. The van der Waals surface area contributed by atoms with Crippen molar-refractivity contribution in [2.45, 2.75) is 26.2 Å². The van der Waals surface area contributed by atoms with Crippen molar-refractivity contribution in [3.05, 3.63) is 69.5 Å². The van der Waals surface area contributed by atoms with Gasteiger partial charge in [0.15, 0.2) is 5.69 Å². The molecule has 4 rings (SSSR count). The summed E-state index contributed by atoms with van der Waals surface area (Å²) < 4.78 is 13.9. The number of benzene rings is 2. The Kier molecular flexibility index (Phi) is 5.15. The number of methoxy groups -OCH3 is 1. The first kappa shape index (κ1) is 18.6. The Labute approximate surface area is 170 Å². The van der Waals surface area contributed by atoms with Gasteiger partial charge in [-0.3, -0.25) is 4.79 Å². The van der Waals surface area contributed by atoms with E-state index in [1.807, 2.05) is 49.4 Å². The number of hydrogen-bond acceptors (Lipinski definition) is 5. The molecule has 8 heteroatoms. The van der Waals surface area contributed by atoms with E-state index in [1.165, 1.54) is 0 Å². The van der Waals surface area contributed by atoms with Crippen molar-refractivity contribution in [2.24, 2.45) is 0 Å². The predicted octanol–water partition coefficient (Wildman–Crippen LogP) is 3.88. The summed E-state index contributed by atoms with van der Waals surface area (Å²) in [4.78, 5) is 12.7. The number of hydrogen-bond donors (Lipinski definition) is 1. The summed E-state index contributed by atoms with van der Waals surface area (Å²) in [6, 6.07) is 13.4. The van der Waals surface area contributed by atoms with Gasteiger partial charge in [0.1, 0.15) is 11.9 Å². The first-order valence-corrected chi connectivity index (χ1v) is 9.60. The molecule has 144 valence electrons. The van der Waals surface area contributed by atoms with Crippen LogP contribution in [0.1, 0.15) is 33.4 Å². The maximum absolute atomic E-state index is 12.7. The number of fused-ring (bicyclic) bond motifs is 1. The van der Waals surface area contributed by atoms with E-state index >= 15 is 0 Å². The topological polar surface area (TPSA) is 78.3 Å². The minimum absolute atomic E-state index is 0.148. The molecule has 28 heavy (non-hydrogen) atoms. The Morgan fingerprint density at radius 3 is 2.79 bits per heavy atom. The summed E-state index contributed by atoms with van der Waals surface area (Å²) in [5, 5.41) is 11.1. The Morgan fingerprint density at radius 1 is 1.29 bits per heavy atom. The summed E-state index contributed by atoms with van der Waals surface area (Å²) in [5.74, 6) is 0.498. The number of carbonyl (C=O) groups is 1. The van der Waals surface area contributed by atoms with E-state index in [0.29, 0.717) is 17.9 Å². The Hall–Kier alpha value is -2.71. The molecule has 0 saturated carbocycles. The van der Waals surface area contributed by atoms with Crippen molar-refractivity contribution in [3.8, 4) is 5.75 Å². The minimum Gasteiger partial charge on any atom is -0.497 e. The molecule has 3 aromatic rings. The highest BCUT2D eigenvalue weighted by molar-refractivity contribution is 9.10. The first-order chi connectivity index (χ1) is 13.5. The molecule has 1 aliphatic heterocycles. The van der Waals surface area contributed by atoms with Gasteiger partial charge in [-0.05, 0) is 48.4 Å².